The molecule has 0 saturated heterocycles. The van der Waals surface area contributed by atoms with Crippen LogP contribution in [-0.2, 0) is 11.8 Å². The number of methoxy groups -OCH3 is 1. The molecule has 3 rings (SSSR count). The Morgan fingerprint density at radius 2 is 2.12 bits per heavy atom. The van der Waals surface area contributed by atoms with Crippen LogP contribution in [0, 0.1) is 5.92 Å². The van der Waals surface area contributed by atoms with Gasteiger partial charge in [0.15, 0.2) is 0 Å². The maximum absolute atomic E-state index is 12.2. The summed E-state index contributed by atoms with van der Waals surface area (Å²) in [6.07, 6.45) is 3.98. The lowest BCUT2D eigenvalue weighted by atomic mass is 10.2. The molecule has 0 bridgehead atoms. The first-order chi connectivity index (χ1) is 12.5. The van der Waals surface area contributed by atoms with E-state index in [2.05, 4.69) is 22.2 Å². The van der Waals surface area contributed by atoms with Gasteiger partial charge in [-0.25, -0.2) is 9.78 Å². The van der Waals surface area contributed by atoms with Crippen LogP contribution >= 0.6 is 0 Å². The SMILES string of the molecule is COC(=O)N(CCNc1nc(-c2ccncc2)cc(=O)n1C)C1CC1C. The van der Waals surface area contributed by atoms with Crippen molar-refractivity contribution >= 4 is 12.0 Å². The van der Waals surface area contributed by atoms with E-state index in [0.29, 0.717) is 30.6 Å². The van der Waals surface area contributed by atoms with Gasteiger partial charge in [-0.3, -0.25) is 14.3 Å². The van der Waals surface area contributed by atoms with E-state index in [0.717, 1.165) is 12.0 Å². The van der Waals surface area contributed by atoms with Crippen molar-refractivity contribution in [1.82, 2.24) is 19.4 Å². The van der Waals surface area contributed by atoms with Crippen LogP contribution in [0.2, 0.25) is 0 Å². The third kappa shape index (κ3) is 3.84. The maximum atomic E-state index is 12.2. The Balaban J connectivity index is 1.72. The molecule has 1 aliphatic rings. The second kappa shape index (κ2) is 7.55. The fraction of sp³-hybridized carbons (Fsp3) is 0.444. The number of rotatable bonds is 6. The molecule has 2 atom stereocenters. The van der Waals surface area contributed by atoms with Crippen molar-refractivity contribution < 1.29 is 9.53 Å². The van der Waals surface area contributed by atoms with E-state index in [-0.39, 0.29) is 17.7 Å². The highest BCUT2D eigenvalue weighted by molar-refractivity contribution is 5.68. The molecule has 8 nitrogen and oxygen atoms in total. The van der Waals surface area contributed by atoms with E-state index < -0.39 is 0 Å². The van der Waals surface area contributed by atoms with Crippen LogP contribution in [-0.4, -0.2) is 51.8 Å². The lowest BCUT2D eigenvalue weighted by Crippen LogP contribution is -2.38. The summed E-state index contributed by atoms with van der Waals surface area (Å²) in [5, 5.41) is 3.16. The smallest absolute Gasteiger partial charge is 0.409 e. The number of carbonyl (C=O) groups is 1. The van der Waals surface area contributed by atoms with Crippen LogP contribution in [0.25, 0.3) is 11.3 Å². The van der Waals surface area contributed by atoms with Crippen molar-refractivity contribution in [2.24, 2.45) is 13.0 Å². The third-order valence-electron chi connectivity index (χ3n) is 4.62. The van der Waals surface area contributed by atoms with E-state index >= 15 is 0 Å². The van der Waals surface area contributed by atoms with Gasteiger partial charge < -0.3 is 15.0 Å². The molecule has 1 fully saturated rings. The molecule has 2 unspecified atom stereocenters. The van der Waals surface area contributed by atoms with Gasteiger partial charge in [-0.1, -0.05) is 6.92 Å². The molecule has 0 radical (unpaired) electrons. The Morgan fingerprint density at radius 1 is 1.42 bits per heavy atom. The van der Waals surface area contributed by atoms with Gasteiger partial charge in [-0.2, -0.15) is 0 Å². The van der Waals surface area contributed by atoms with E-state index in [1.54, 1.807) is 36.5 Å². The number of anilines is 1. The predicted octanol–water partition coefficient (Wildman–Crippen LogP) is 1.73. The average Bonchev–Trinajstić information content (AvgIpc) is 3.38. The zero-order valence-electron chi connectivity index (χ0n) is 15.2. The highest BCUT2D eigenvalue weighted by atomic mass is 16.5. The molecule has 0 aliphatic heterocycles. The number of amides is 1. The van der Waals surface area contributed by atoms with Gasteiger partial charge in [0.25, 0.3) is 5.56 Å². The Morgan fingerprint density at radius 3 is 2.73 bits per heavy atom. The summed E-state index contributed by atoms with van der Waals surface area (Å²) in [6, 6.07) is 5.33. The van der Waals surface area contributed by atoms with Crippen molar-refractivity contribution in [2.45, 2.75) is 19.4 Å². The van der Waals surface area contributed by atoms with Gasteiger partial charge in [0.2, 0.25) is 5.95 Å². The van der Waals surface area contributed by atoms with Crippen LogP contribution in [0.4, 0.5) is 10.7 Å². The lowest BCUT2D eigenvalue weighted by molar-refractivity contribution is 0.120. The molecule has 1 N–H and O–H groups in total. The highest BCUT2D eigenvalue weighted by Gasteiger charge is 2.40. The number of aromatic nitrogens is 3. The molecular weight excluding hydrogens is 334 g/mol. The molecule has 2 heterocycles. The molecule has 2 aromatic rings. The van der Waals surface area contributed by atoms with Crippen LogP contribution in [0.1, 0.15) is 13.3 Å². The van der Waals surface area contributed by atoms with Crippen LogP contribution in [0.3, 0.4) is 0 Å². The number of hydrogen-bond donors (Lipinski definition) is 1. The molecule has 0 aromatic carbocycles. The van der Waals surface area contributed by atoms with E-state index in [1.165, 1.54) is 17.7 Å². The molecular formula is C18H23N5O3. The zero-order valence-corrected chi connectivity index (χ0v) is 15.2. The quantitative estimate of drug-likeness (QED) is 0.847. The van der Waals surface area contributed by atoms with E-state index in [1.807, 2.05) is 0 Å². The topological polar surface area (TPSA) is 89.3 Å². The highest BCUT2D eigenvalue weighted by Crippen LogP contribution is 2.35. The summed E-state index contributed by atoms with van der Waals surface area (Å²) in [6.45, 7) is 3.06. The molecule has 1 aliphatic carbocycles. The normalized spacial score (nSPS) is 18.3. The molecule has 2 aromatic heterocycles. The van der Waals surface area contributed by atoms with Gasteiger partial charge in [-0.15, -0.1) is 0 Å². The second-order valence-corrected chi connectivity index (χ2v) is 6.47. The monoisotopic (exact) mass is 357 g/mol. The summed E-state index contributed by atoms with van der Waals surface area (Å²) >= 11 is 0. The number of nitrogens with zero attached hydrogens (tertiary/aromatic N) is 4. The van der Waals surface area contributed by atoms with Crippen LogP contribution in [0.5, 0.6) is 0 Å². The molecule has 138 valence electrons. The van der Waals surface area contributed by atoms with E-state index in [4.69, 9.17) is 4.74 Å². The van der Waals surface area contributed by atoms with Gasteiger partial charge >= 0.3 is 6.09 Å². The summed E-state index contributed by atoms with van der Waals surface area (Å²) in [5.41, 5.74) is 1.25. The van der Waals surface area contributed by atoms with Gasteiger partial charge in [0.05, 0.1) is 12.8 Å². The van der Waals surface area contributed by atoms with Crippen LogP contribution < -0.4 is 10.9 Å². The first-order valence-corrected chi connectivity index (χ1v) is 8.58. The Kier molecular flexibility index (Phi) is 5.20. The molecule has 1 amide bonds. The van der Waals surface area contributed by atoms with Gasteiger partial charge in [-0.05, 0) is 24.5 Å². The second-order valence-electron chi connectivity index (χ2n) is 6.47. The summed E-state index contributed by atoms with van der Waals surface area (Å²) in [4.78, 5) is 34.4. The van der Waals surface area contributed by atoms with Gasteiger partial charge in [0.1, 0.15) is 0 Å². The minimum absolute atomic E-state index is 0.157. The fourth-order valence-electron chi connectivity index (χ4n) is 2.90. The van der Waals surface area contributed by atoms with Crippen molar-refractivity contribution in [3.8, 4) is 11.3 Å². The first kappa shape index (κ1) is 17.9. The average molecular weight is 357 g/mol. The number of pyridine rings is 1. The van der Waals surface area contributed by atoms with E-state index in [9.17, 15) is 9.59 Å². The standard InChI is InChI=1S/C18H23N5O3/c1-12-10-15(12)23(18(25)26-3)9-8-20-17-21-14(11-16(24)22(17)2)13-4-6-19-7-5-13/h4-7,11-12,15H,8-10H2,1-3H3,(H,20,21). The van der Waals surface area contributed by atoms with Crippen molar-refractivity contribution in [1.29, 1.82) is 0 Å². The largest absolute Gasteiger partial charge is 0.453 e. The van der Waals surface area contributed by atoms with Crippen LogP contribution in [0.15, 0.2) is 35.4 Å². The predicted molar refractivity (Wildman–Crippen MR) is 97.9 cm³/mol. The first-order valence-electron chi connectivity index (χ1n) is 8.58. The molecule has 26 heavy (non-hydrogen) atoms. The Bertz CT molecular complexity index is 836. The minimum Gasteiger partial charge on any atom is -0.453 e. The molecule has 1 saturated carbocycles. The molecule has 8 heteroatoms. The number of ether oxygens (including phenoxy) is 1. The number of nitrogens with one attached hydrogen (secondary N) is 1. The van der Waals surface area contributed by atoms with Crippen molar-refractivity contribution in [3.05, 3.63) is 40.9 Å². The summed E-state index contributed by atoms with van der Waals surface area (Å²) < 4.78 is 6.32. The fourth-order valence-corrected chi connectivity index (χ4v) is 2.90. The minimum atomic E-state index is -0.325. The van der Waals surface area contributed by atoms with Crippen molar-refractivity contribution in [2.75, 3.05) is 25.5 Å². The summed E-state index contributed by atoms with van der Waals surface area (Å²) in [7, 11) is 3.05. The zero-order chi connectivity index (χ0) is 18.7. The number of hydrogen-bond acceptors (Lipinski definition) is 6. The maximum Gasteiger partial charge on any atom is 0.409 e. The molecule has 0 spiro atoms. The third-order valence-corrected chi connectivity index (χ3v) is 4.62. The van der Waals surface area contributed by atoms with Gasteiger partial charge in [0, 0.05) is 50.2 Å². The van der Waals surface area contributed by atoms with Crippen molar-refractivity contribution in [3.63, 3.8) is 0 Å². The Labute approximate surface area is 151 Å². The lowest BCUT2D eigenvalue weighted by Gasteiger charge is -2.22. The number of carbonyl (C=O) groups excluding carboxylic acids is 1. The Hall–Kier alpha value is -2.90. The summed E-state index contributed by atoms with van der Waals surface area (Å²) in [5.74, 6) is 0.949.